The van der Waals surface area contributed by atoms with Crippen molar-refractivity contribution in [3.8, 4) is 0 Å². The number of rotatable bonds is 3. The molecule has 0 radical (unpaired) electrons. The second-order valence-electron chi connectivity index (χ2n) is 4.38. The predicted molar refractivity (Wildman–Crippen MR) is 76.7 cm³/mol. The highest BCUT2D eigenvalue weighted by molar-refractivity contribution is 9.10. The summed E-state index contributed by atoms with van der Waals surface area (Å²) in [5, 5.41) is 0. The average molecular weight is 347 g/mol. The van der Waals surface area contributed by atoms with Gasteiger partial charge in [-0.05, 0) is 24.1 Å². The van der Waals surface area contributed by atoms with Crippen LogP contribution >= 0.6 is 27.5 Å². The number of hydrogen-bond acceptors (Lipinski definition) is 3. The highest BCUT2D eigenvalue weighted by atomic mass is 79.9. The summed E-state index contributed by atoms with van der Waals surface area (Å²) in [5.74, 6) is 0.0845. The lowest BCUT2D eigenvalue weighted by atomic mass is 10.1. The predicted octanol–water partition coefficient (Wildman–Crippen LogP) is 2.83. The Hall–Kier alpha value is -1.07. The molecule has 4 nitrogen and oxygen atoms in total. The highest BCUT2D eigenvalue weighted by Crippen LogP contribution is 2.31. The Balaban J connectivity index is 2.41. The van der Waals surface area contributed by atoms with Crippen molar-refractivity contribution in [1.29, 1.82) is 0 Å². The van der Waals surface area contributed by atoms with Gasteiger partial charge in [-0.2, -0.15) is 0 Å². The molecule has 0 N–H and O–H groups in total. The monoisotopic (exact) mass is 345 g/mol. The maximum absolute atomic E-state index is 12.0. The molecule has 19 heavy (non-hydrogen) atoms. The van der Waals surface area contributed by atoms with Crippen LogP contribution in [0.3, 0.4) is 0 Å². The SMILES string of the molecule is COC(=O)c1ccc(Br)cc1N1CC(CCl)CC1=O. The number of amides is 1. The van der Waals surface area contributed by atoms with Gasteiger partial charge in [-0.1, -0.05) is 15.9 Å². The number of ether oxygens (including phenoxy) is 1. The van der Waals surface area contributed by atoms with Crippen molar-refractivity contribution in [2.24, 2.45) is 5.92 Å². The highest BCUT2D eigenvalue weighted by Gasteiger charge is 2.32. The summed E-state index contributed by atoms with van der Waals surface area (Å²) in [6, 6.07) is 5.14. The summed E-state index contributed by atoms with van der Waals surface area (Å²) < 4.78 is 5.55. The van der Waals surface area contributed by atoms with Crippen molar-refractivity contribution in [2.75, 3.05) is 24.4 Å². The van der Waals surface area contributed by atoms with Crippen molar-refractivity contribution in [2.45, 2.75) is 6.42 Å². The Kier molecular flexibility index (Phi) is 4.47. The van der Waals surface area contributed by atoms with E-state index in [9.17, 15) is 9.59 Å². The van der Waals surface area contributed by atoms with Crippen molar-refractivity contribution in [3.05, 3.63) is 28.2 Å². The van der Waals surface area contributed by atoms with Gasteiger partial charge in [0, 0.05) is 23.3 Å². The van der Waals surface area contributed by atoms with Crippen LogP contribution in [0.5, 0.6) is 0 Å². The zero-order chi connectivity index (χ0) is 14.0. The van der Waals surface area contributed by atoms with E-state index in [1.54, 1.807) is 23.1 Å². The topological polar surface area (TPSA) is 46.6 Å². The fraction of sp³-hybridized carbons (Fsp3) is 0.385. The first-order valence-corrected chi connectivity index (χ1v) is 7.13. The second kappa shape index (κ2) is 5.92. The van der Waals surface area contributed by atoms with E-state index in [0.29, 0.717) is 30.1 Å². The Morgan fingerprint density at radius 1 is 1.58 bits per heavy atom. The third-order valence-electron chi connectivity index (χ3n) is 3.08. The molecule has 102 valence electrons. The summed E-state index contributed by atoms with van der Waals surface area (Å²) in [6.07, 6.45) is 0.413. The molecule has 1 aromatic rings. The van der Waals surface area contributed by atoms with Gasteiger partial charge in [-0.3, -0.25) is 4.79 Å². The lowest BCUT2D eigenvalue weighted by Crippen LogP contribution is -2.27. The maximum atomic E-state index is 12.0. The van der Waals surface area contributed by atoms with Crippen LogP contribution < -0.4 is 4.90 Å². The summed E-state index contributed by atoms with van der Waals surface area (Å²) in [5.41, 5.74) is 0.952. The molecule has 1 aliphatic rings. The molecule has 0 bridgehead atoms. The quantitative estimate of drug-likeness (QED) is 0.624. The van der Waals surface area contributed by atoms with E-state index in [4.69, 9.17) is 16.3 Å². The van der Waals surface area contributed by atoms with Crippen LogP contribution in [0.15, 0.2) is 22.7 Å². The van der Waals surface area contributed by atoms with Gasteiger partial charge >= 0.3 is 5.97 Å². The van der Waals surface area contributed by atoms with Crippen LogP contribution in [-0.2, 0) is 9.53 Å². The van der Waals surface area contributed by atoms with E-state index in [1.807, 2.05) is 0 Å². The summed E-state index contributed by atoms with van der Waals surface area (Å²) in [6.45, 7) is 0.531. The van der Waals surface area contributed by atoms with Gasteiger partial charge in [0.2, 0.25) is 5.91 Å². The number of benzene rings is 1. The Bertz CT molecular complexity index is 521. The number of carbonyl (C=O) groups is 2. The fourth-order valence-corrected chi connectivity index (χ4v) is 2.68. The largest absolute Gasteiger partial charge is 0.465 e. The molecular formula is C13H13BrClNO3. The van der Waals surface area contributed by atoms with E-state index >= 15 is 0 Å². The van der Waals surface area contributed by atoms with E-state index in [2.05, 4.69) is 15.9 Å². The molecule has 1 aromatic carbocycles. The van der Waals surface area contributed by atoms with Crippen molar-refractivity contribution >= 4 is 45.1 Å². The summed E-state index contributed by atoms with van der Waals surface area (Å²) in [7, 11) is 1.32. The molecule has 0 aliphatic carbocycles. The number of methoxy groups -OCH3 is 1. The zero-order valence-corrected chi connectivity index (χ0v) is 12.7. The summed E-state index contributed by atoms with van der Waals surface area (Å²) >= 11 is 9.16. The molecule has 6 heteroatoms. The molecule has 1 aliphatic heterocycles. The molecule has 1 saturated heterocycles. The van der Waals surface area contributed by atoms with Crippen LogP contribution in [-0.4, -0.2) is 31.4 Å². The first-order valence-electron chi connectivity index (χ1n) is 5.81. The second-order valence-corrected chi connectivity index (χ2v) is 5.61. The van der Waals surface area contributed by atoms with Gasteiger partial charge in [-0.25, -0.2) is 4.79 Å². The van der Waals surface area contributed by atoms with Crippen LogP contribution in [0.2, 0.25) is 0 Å². The normalized spacial score (nSPS) is 18.8. The minimum absolute atomic E-state index is 0.0195. The third kappa shape index (κ3) is 2.92. The third-order valence-corrected chi connectivity index (χ3v) is 4.01. The Morgan fingerprint density at radius 3 is 2.89 bits per heavy atom. The average Bonchev–Trinajstić information content (AvgIpc) is 2.79. The molecule has 0 saturated carbocycles. The number of esters is 1. The molecule has 1 fully saturated rings. The summed E-state index contributed by atoms with van der Waals surface area (Å²) in [4.78, 5) is 25.4. The van der Waals surface area contributed by atoms with Gasteiger partial charge < -0.3 is 9.64 Å². The first kappa shape index (κ1) is 14.3. The fourth-order valence-electron chi connectivity index (χ4n) is 2.13. The molecular weight excluding hydrogens is 334 g/mol. The van der Waals surface area contributed by atoms with E-state index in [-0.39, 0.29) is 11.8 Å². The number of hydrogen-bond donors (Lipinski definition) is 0. The Labute approximate surface area is 124 Å². The van der Waals surface area contributed by atoms with Crippen molar-refractivity contribution in [3.63, 3.8) is 0 Å². The van der Waals surface area contributed by atoms with Gasteiger partial charge in [-0.15, -0.1) is 11.6 Å². The van der Waals surface area contributed by atoms with E-state index < -0.39 is 5.97 Å². The van der Waals surface area contributed by atoms with Crippen LogP contribution in [0.1, 0.15) is 16.8 Å². The van der Waals surface area contributed by atoms with Crippen LogP contribution in [0, 0.1) is 5.92 Å². The molecule has 0 spiro atoms. The minimum Gasteiger partial charge on any atom is -0.465 e. The van der Waals surface area contributed by atoms with E-state index in [0.717, 1.165) is 4.47 Å². The maximum Gasteiger partial charge on any atom is 0.339 e. The van der Waals surface area contributed by atoms with Crippen molar-refractivity contribution < 1.29 is 14.3 Å². The number of anilines is 1. The molecule has 1 unspecified atom stereocenters. The lowest BCUT2D eigenvalue weighted by Gasteiger charge is -2.19. The molecule has 1 atom stereocenters. The molecule has 1 amide bonds. The van der Waals surface area contributed by atoms with Crippen LogP contribution in [0.25, 0.3) is 0 Å². The van der Waals surface area contributed by atoms with Gasteiger partial charge in [0.1, 0.15) is 0 Å². The van der Waals surface area contributed by atoms with Gasteiger partial charge in [0.15, 0.2) is 0 Å². The minimum atomic E-state index is -0.454. The van der Waals surface area contributed by atoms with Crippen LogP contribution in [0.4, 0.5) is 5.69 Å². The number of nitrogens with zero attached hydrogens (tertiary/aromatic N) is 1. The first-order chi connectivity index (χ1) is 9.06. The smallest absolute Gasteiger partial charge is 0.339 e. The Morgan fingerprint density at radius 2 is 2.32 bits per heavy atom. The standard InChI is InChI=1S/C13H13BrClNO3/c1-19-13(18)10-3-2-9(14)5-11(10)16-7-8(6-15)4-12(16)17/h2-3,5,8H,4,6-7H2,1H3. The number of carbonyl (C=O) groups excluding carboxylic acids is 2. The van der Waals surface area contributed by atoms with Gasteiger partial charge in [0.05, 0.1) is 18.4 Å². The zero-order valence-electron chi connectivity index (χ0n) is 10.4. The van der Waals surface area contributed by atoms with Crippen molar-refractivity contribution in [1.82, 2.24) is 0 Å². The number of halogens is 2. The lowest BCUT2D eigenvalue weighted by molar-refractivity contribution is -0.117. The van der Waals surface area contributed by atoms with E-state index in [1.165, 1.54) is 7.11 Å². The molecule has 0 aromatic heterocycles. The molecule has 1 heterocycles. The molecule has 2 rings (SSSR count). The number of alkyl halides is 1. The van der Waals surface area contributed by atoms with Gasteiger partial charge in [0.25, 0.3) is 0 Å².